The molecule has 1 fully saturated rings. The lowest BCUT2D eigenvalue weighted by molar-refractivity contribution is -0.130. The second-order valence-electron chi connectivity index (χ2n) is 4.64. The Morgan fingerprint density at radius 3 is 2.55 bits per heavy atom. The van der Waals surface area contributed by atoms with E-state index in [4.69, 9.17) is 0 Å². The van der Waals surface area contributed by atoms with Crippen LogP contribution in [0.2, 0.25) is 0 Å². The van der Waals surface area contributed by atoms with Crippen LogP contribution in [-0.2, 0) is 16.0 Å². The number of nitrogens with zero attached hydrogens (tertiary/aromatic N) is 3. The first kappa shape index (κ1) is 14.2. The molecular formula is C13H19N5O2. The molecule has 0 saturated carbocycles. The van der Waals surface area contributed by atoms with Crippen LogP contribution in [-0.4, -0.2) is 41.4 Å². The van der Waals surface area contributed by atoms with E-state index in [1.165, 1.54) is 0 Å². The van der Waals surface area contributed by atoms with E-state index in [1.54, 1.807) is 11.0 Å². The minimum atomic E-state index is -0.304. The summed E-state index contributed by atoms with van der Waals surface area (Å²) in [6, 6.07) is 1.77. The normalized spacial score (nSPS) is 15.2. The molecule has 20 heavy (non-hydrogen) atoms. The molecule has 2 heterocycles. The minimum Gasteiger partial charge on any atom is -0.370 e. The number of piperazine rings is 1. The van der Waals surface area contributed by atoms with Crippen molar-refractivity contribution in [2.45, 2.75) is 26.7 Å². The summed E-state index contributed by atoms with van der Waals surface area (Å²) in [7, 11) is 0. The number of imide groups is 1. The smallest absolute Gasteiger partial charge is 0.246 e. The summed E-state index contributed by atoms with van der Waals surface area (Å²) in [6.45, 7) is 5.07. The van der Waals surface area contributed by atoms with Gasteiger partial charge in [-0.1, -0.05) is 6.92 Å². The van der Waals surface area contributed by atoms with Crippen LogP contribution in [0.1, 0.15) is 26.1 Å². The molecule has 0 spiro atoms. The Morgan fingerprint density at radius 2 is 1.95 bits per heavy atom. The van der Waals surface area contributed by atoms with Crippen molar-refractivity contribution in [1.29, 1.82) is 0 Å². The number of hydrogen-bond donors (Lipinski definition) is 2. The maximum atomic E-state index is 11.4. The van der Waals surface area contributed by atoms with Gasteiger partial charge in [0.15, 0.2) is 0 Å². The third-order valence-corrected chi connectivity index (χ3v) is 2.86. The topological polar surface area (TPSA) is 87.2 Å². The number of carbonyl (C=O) groups excluding carboxylic acids is 2. The second-order valence-corrected chi connectivity index (χ2v) is 4.64. The van der Waals surface area contributed by atoms with E-state index in [9.17, 15) is 9.59 Å². The molecular weight excluding hydrogens is 258 g/mol. The van der Waals surface area contributed by atoms with Gasteiger partial charge in [-0.2, -0.15) is 0 Å². The van der Waals surface area contributed by atoms with Crippen molar-refractivity contribution in [2.75, 3.05) is 29.9 Å². The number of rotatable bonds is 5. The Bertz CT molecular complexity index is 477. The van der Waals surface area contributed by atoms with E-state index >= 15 is 0 Å². The first-order valence-corrected chi connectivity index (χ1v) is 6.81. The molecule has 1 aromatic rings. The predicted octanol–water partition coefficient (Wildman–Crippen LogP) is 0.324. The van der Waals surface area contributed by atoms with E-state index in [1.807, 2.05) is 6.92 Å². The van der Waals surface area contributed by atoms with Crippen LogP contribution in [0.5, 0.6) is 0 Å². The highest BCUT2D eigenvalue weighted by atomic mass is 16.2. The van der Waals surface area contributed by atoms with Gasteiger partial charge in [0.1, 0.15) is 17.5 Å². The van der Waals surface area contributed by atoms with E-state index in [-0.39, 0.29) is 24.9 Å². The Hall–Kier alpha value is -2.18. The molecule has 1 aromatic heterocycles. The van der Waals surface area contributed by atoms with Crippen molar-refractivity contribution >= 4 is 23.5 Å². The molecule has 2 N–H and O–H groups in total. The molecule has 0 atom stereocenters. The van der Waals surface area contributed by atoms with Crippen molar-refractivity contribution in [3.63, 3.8) is 0 Å². The third kappa shape index (κ3) is 3.43. The van der Waals surface area contributed by atoms with Gasteiger partial charge in [-0.3, -0.25) is 14.9 Å². The maximum absolute atomic E-state index is 11.4. The van der Waals surface area contributed by atoms with Gasteiger partial charge in [-0.15, -0.1) is 0 Å². The molecule has 0 radical (unpaired) electrons. The number of aryl methyl sites for hydroxylation is 1. The van der Waals surface area contributed by atoms with Crippen molar-refractivity contribution in [3.8, 4) is 0 Å². The van der Waals surface area contributed by atoms with Gasteiger partial charge in [0.25, 0.3) is 0 Å². The van der Waals surface area contributed by atoms with Crippen molar-refractivity contribution in [1.82, 2.24) is 15.3 Å². The van der Waals surface area contributed by atoms with Crippen molar-refractivity contribution < 1.29 is 9.59 Å². The fourth-order valence-corrected chi connectivity index (χ4v) is 2.05. The van der Waals surface area contributed by atoms with Gasteiger partial charge in [-0.05, 0) is 13.3 Å². The van der Waals surface area contributed by atoms with Crippen LogP contribution in [0, 0.1) is 0 Å². The van der Waals surface area contributed by atoms with E-state index in [0.717, 1.165) is 31.0 Å². The highest BCUT2D eigenvalue weighted by Crippen LogP contribution is 2.17. The fourth-order valence-electron chi connectivity index (χ4n) is 2.05. The molecule has 0 aliphatic carbocycles. The number of hydrogen-bond acceptors (Lipinski definition) is 6. The summed E-state index contributed by atoms with van der Waals surface area (Å²) >= 11 is 0. The summed E-state index contributed by atoms with van der Waals surface area (Å²) < 4.78 is 0. The summed E-state index contributed by atoms with van der Waals surface area (Å²) in [5.41, 5.74) is 0. The van der Waals surface area contributed by atoms with Gasteiger partial charge in [0.2, 0.25) is 11.8 Å². The predicted molar refractivity (Wildman–Crippen MR) is 75.6 cm³/mol. The first-order valence-electron chi connectivity index (χ1n) is 6.81. The number of aromatic nitrogens is 2. The molecule has 2 amide bonds. The third-order valence-electron chi connectivity index (χ3n) is 2.86. The second kappa shape index (κ2) is 6.31. The molecule has 1 aliphatic heterocycles. The van der Waals surface area contributed by atoms with Crippen LogP contribution < -0.4 is 15.5 Å². The monoisotopic (exact) mass is 277 g/mol. The van der Waals surface area contributed by atoms with Gasteiger partial charge < -0.3 is 10.2 Å². The average Bonchev–Trinajstić information content (AvgIpc) is 2.38. The van der Waals surface area contributed by atoms with Crippen LogP contribution in [0.3, 0.4) is 0 Å². The summed E-state index contributed by atoms with van der Waals surface area (Å²) in [4.78, 5) is 33.4. The fraction of sp³-hybridized carbons (Fsp3) is 0.538. The van der Waals surface area contributed by atoms with Crippen LogP contribution in [0.15, 0.2) is 6.07 Å². The standard InChI is InChI=1S/C13H19N5O2/c1-3-5-9-15-10(14-4-2)6-11(16-9)18-7-12(19)17-13(20)8-18/h6H,3-5,7-8H2,1-2H3,(H,14,15,16)(H,17,19,20). The van der Waals surface area contributed by atoms with Gasteiger partial charge in [0.05, 0.1) is 13.1 Å². The van der Waals surface area contributed by atoms with E-state index in [0.29, 0.717) is 5.82 Å². The van der Waals surface area contributed by atoms with Crippen LogP contribution in [0.4, 0.5) is 11.6 Å². The summed E-state index contributed by atoms with van der Waals surface area (Å²) in [5.74, 6) is 1.45. The van der Waals surface area contributed by atoms with Gasteiger partial charge in [-0.25, -0.2) is 9.97 Å². The van der Waals surface area contributed by atoms with Gasteiger partial charge in [0, 0.05) is 19.0 Å². The minimum absolute atomic E-state index is 0.139. The zero-order valence-electron chi connectivity index (χ0n) is 11.8. The van der Waals surface area contributed by atoms with Crippen molar-refractivity contribution in [3.05, 3.63) is 11.9 Å². The zero-order valence-corrected chi connectivity index (χ0v) is 11.8. The molecule has 0 bridgehead atoms. The van der Waals surface area contributed by atoms with Crippen molar-refractivity contribution in [2.24, 2.45) is 0 Å². The van der Waals surface area contributed by atoms with Crippen LogP contribution >= 0.6 is 0 Å². The molecule has 7 nitrogen and oxygen atoms in total. The Kier molecular flexibility index (Phi) is 4.49. The number of carbonyl (C=O) groups is 2. The number of nitrogens with one attached hydrogen (secondary N) is 2. The molecule has 2 rings (SSSR count). The average molecular weight is 277 g/mol. The van der Waals surface area contributed by atoms with Crippen LogP contribution in [0.25, 0.3) is 0 Å². The first-order chi connectivity index (χ1) is 9.62. The molecule has 0 unspecified atom stereocenters. The SMILES string of the molecule is CCCc1nc(NCC)cc(N2CC(=O)NC(=O)C2)n1. The Labute approximate surface area is 117 Å². The molecule has 0 aromatic carbocycles. The number of anilines is 2. The highest BCUT2D eigenvalue weighted by Gasteiger charge is 2.24. The zero-order chi connectivity index (χ0) is 14.5. The largest absolute Gasteiger partial charge is 0.370 e. The summed E-state index contributed by atoms with van der Waals surface area (Å²) in [5, 5.41) is 5.42. The molecule has 1 saturated heterocycles. The Balaban J connectivity index is 2.28. The summed E-state index contributed by atoms with van der Waals surface area (Å²) in [6.07, 6.45) is 1.70. The lowest BCUT2D eigenvalue weighted by atomic mass is 10.3. The molecule has 108 valence electrons. The maximum Gasteiger partial charge on any atom is 0.246 e. The Morgan fingerprint density at radius 1 is 1.25 bits per heavy atom. The highest BCUT2D eigenvalue weighted by molar-refractivity contribution is 6.02. The molecule has 7 heteroatoms. The van der Waals surface area contributed by atoms with E-state index < -0.39 is 0 Å². The van der Waals surface area contributed by atoms with Gasteiger partial charge >= 0.3 is 0 Å². The number of amides is 2. The molecule has 1 aliphatic rings. The van der Waals surface area contributed by atoms with E-state index in [2.05, 4.69) is 27.5 Å². The quantitative estimate of drug-likeness (QED) is 0.754. The lowest BCUT2D eigenvalue weighted by Gasteiger charge is -2.26. The lowest BCUT2D eigenvalue weighted by Crippen LogP contribution is -2.51.